The first kappa shape index (κ1) is 47.6. The molecule has 1 heterocycles. The molecule has 0 spiro atoms. The van der Waals surface area contributed by atoms with E-state index in [0.29, 0.717) is 6.42 Å². The number of aliphatic carboxylic acids is 2. The van der Waals surface area contributed by atoms with Gasteiger partial charge < -0.3 is 68.3 Å². The second kappa shape index (κ2) is 23.4. The maximum Gasteiger partial charge on any atom is 0.326 e. The van der Waals surface area contributed by atoms with Crippen molar-refractivity contribution in [3.63, 3.8) is 0 Å². The van der Waals surface area contributed by atoms with E-state index in [1.165, 1.54) is 4.90 Å². The molecule has 0 unspecified atom stereocenters. The van der Waals surface area contributed by atoms with Gasteiger partial charge in [-0.25, -0.2) is 4.79 Å². The first-order valence-electron chi connectivity index (χ1n) is 17.5. The van der Waals surface area contributed by atoms with E-state index in [2.05, 4.69) is 26.6 Å². The van der Waals surface area contributed by atoms with E-state index >= 15 is 0 Å². The van der Waals surface area contributed by atoms with E-state index in [1.807, 2.05) is 24.5 Å². The van der Waals surface area contributed by atoms with Crippen LogP contribution in [0, 0.1) is 11.8 Å². The lowest BCUT2D eigenvalue weighted by Crippen LogP contribution is -2.57. The second-order valence-corrected chi connectivity index (χ2v) is 13.5. The summed E-state index contributed by atoms with van der Waals surface area (Å²) in [5, 5.41) is 52.8. The highest BCUT2D eigenvalue weighted by Gasteiger charge is 2.37. The molecule has 0 aromatic heterocycles. The number of aliphatic hydroxyl groups excluding tert-OH is 2. The minimum absolute atomic E-state index is 0.0631. The van der Waals surface area contributed by atoms with Gasteiger partial charge in [0.15, 0.2) is 0 Å². The molecule has 0 aromatic carbocycles. The summed E-state index contributed by atoms with van der Waals surface area (Å²) in [4.78, 5) is 125. The molecule has 23 heteroatoms. The Balaban J connectivity index is 2.75. The van der Waals surface area contributed by atoms with Gasteiger partial charge in [0.05, 0.1) is 39.3 Å². The Kier molecular flexibility index (Phi) is 20.2. The zero-order valence-electron chi connectivity index (χ0n) is 31.1. The number of aliphatic hydroxyl groups is 2. The molecule has 1 saturated heterocycles. The molecular weight excluding hydrogens is 734 g/mol. The predicted octanol–water partition coefficient (Wildman–Crippen LogP) is -6.16. The summed E-state index contributed by atoms with van der Waals surface area (Å²) in [6, 6.07) is -8.08. The summed E-state index contributed by atoms with van der Waals surface area (Å²) in [5.41, 5.74) is 5.31. The van der Waals surface area contributed by atoms with Gasteiger partial charge in [0.1, 0.15) is 36.3 Å². The van der Waals surface area contributed by atoms with Crippen molar-refractivity contribution in [2.45, 2.75) is 89.6 Å². The van der Waals surface area contributed by atoms with Crippen molar-refractivity contribution in [2.24, 2.45) is 17.6 Å². The zero-order chi connectivity index (χ0) is 42.0. The monoisotopic (exact) mass is 787 g/mol. The number of amides is 8. The van der Waals surface area contributed by atoms with Crippen LogP contribution in [-0.2, 0) is 47.9 Å². The van der Waals surface area contributed by atoms with Gasteiger partial charge in [0.2, 0.25) is 47.3 Å². The highest BCUT2D eigenvalue weighted by Crippen LogP contribution is 2.18. The van der Waals surface area contributed by atoms with Crippen LogP contribution in [0.15, 0.2) is 0 Å². The second-order valence-electron chi connectivity index (χ2n) is 13.5. The van der Waals surface area contributed by atoms with Gasteiger partial charge >= 0.3 is 11.9 Å². The van der Waals surface area contributed by atoms with Crippen molar-refractivity contribution in [3.05, 3.63) is 0 Å². The summed E-state index contributed by atoms with van der Waals surface area (Å²) in [7, 11) is 0. The number of nitrogens with one attached hydrogen (secondary N) is 7. The van der Waals surface area contributed by atoms with Crippen LogP contribution in [0.4, 0.5) is 0 Å². The van der Waals surface area contributed by atoms with Crippen LogP contribution in [0.3, 0.4) is 0 Å². The number of carboxylic acid groups (broad SMARTS) is 2. The fourth-order valence-corrected chi connectivity index (χ4v) is 5.18. The van der Waals surface area contributed by atoms with E-state index in [-0.39, 0.29) is 25.3 Å². The maximum absolute atomic E-state index is 13.3. The van der Waals surface area contributed by atoms with Gasteiger partial charge in [-0.1, -0.05) is 27.7 Å². The van der Waals surface area contributed by atoms with Crippen molar-refractivity contribution in [1.29, 1.82) is 0 Å². The van der Waals surface area contributed by atoms with E-state index < -0.39 is 141 Å². The third-order valence-electron chi connectivity index (χ3n) is 8.11. The van der Waals surface area contributed by atoms with Crippen molar-refractivity contribution in [1.82, 2.24) is 42.1 Å². The molecule has 0 radical (unpaired) electrons. The minimum Gasteiger partial charge on any atom is -0.481 e. The van der Waals surface area contributed by atoms with Gasteiger partial charge in [-0.05, 0) is 31.1 Å². The van der Waals surface area contributed by atoms with Crippen LogP contribution < -0.4 is 43.0 Å². The summed E-state index contributed by atoms with van der Waals surface area (Å²) in [6.07, 6.45) is -0.0852. The molecule has 310 valence electrons. The molecule has 6 atom stereocenters. The molecule has 0 aliphatic carbocycles. The summed E-state index contributed by atoms with van der Waals surface area (Å²) in [5.74, 6) is -10.3. The van der Waals surface area contributed by atoms with E-state index in [9.17, 15) is 58.2 Å². The average Bonchev–Trinajstić information content (AvgIpc) is 3.61. The van der Waals surface area contributed by atoms with Crippen LogP contribution in [0.5, 0.6) is 0 Å². The Labute approximate surface area is 316 Å². The fraction of sp³-hybridized carbons (Fsp3) is 0.688. The third kappa shape index (κ3) is 16.6. The van der Waals surface area contributed by atoms with Gasteiger partial charge in [0, 0.05) is 6.54 Å². The number of hydrogen-bond acceptors (Lipinski definition) is 13. The Morgan fingerprint density at radius 1 is 0.691 bits per heavy atom. The lowest BCUT2D eigenvalue weighted by molar-refractivity contribution is -0.144. The number of carboxylic acids is 2. The standard InChI is InChI=1S/C32H53N9O14/c1-15(2)8-18(30(52)40-26(16(3)4)32(54)55)38-31(53)21-6-5-7-41(21)24(46)12-34-22(44)10-36-28(50)20(14-43)39-29(51)19(9-25(47)48)37-23(45)11-35-27(49)17(33)13-42/h15-21,26,42-43H,5-14,33H2,1-4H3,(H,34,44)(H,35,49)(H,36,50)(H,37,45)(H,38,53)(H,39,51)(H,40,52)(H,47,48)(H,54,55)/t17-,18-,19-,20-,21-,26-/m0/s1. The molecule has 1 fully saturated rings. The number of carbonyl (C=O) groups excluding carboxylic acids is 8. The number of likely N-dealkylation sites (tertiary alicyclic amines) is 1. The first-order chi connectivity index (χ1) is 25.7. The van der Waals surface area contributed by atoms with Gasteiger partial charge in [-0.15, -0.1) is 0 Å². The van der Waals surface area contributed by atoms with Gasteiger partial charge in [0.25, 0.3) is 0 Å². The van der Waals surface area contributed by atoms with Crippen molar-refractivity contribution < 1.29 is 68.4 Å². The summed E-state index contributed by atoms with van der Waals surface area (Å²) >= 11 is 0. The highest BCUT2D eigenvalue weighted by molar-refractivity contribution is 5.97. The van der Waals surface area contributed by atoms with Crippen LogP contribution in [0.2, 0.25) is 0 Å². The van der Waals surface area contributed by atoms with Crippen molar-refractivity contribution >= 4 is 59.2 Å². The minimum atomic E-state index is -1.77. The van der Waals surface area contributed by atoms with Gasteiger partial charge in [-0.3, -0.25) is 43.2 Å². The Hall–Kier alpha value is -5.42. The molecule has 23 nitrogen and oxygen atoms in total. The topological polar surface area (TPSA) is 365 Å². The van der Waals surface area contributed by atoms with Gasteiger partial charge in [-0.2, -0.15) is 0 Å². The molecule has 1 rings (SSSR count). The van der Waals surface area contributed by atoms with E-state index in [1.54, 1.807) is 13.8 Å². The fourth-order valence-electron chi connectivity index (χ4n) is 5.18. The third-order valence-corrected chi connectivity index (χ3v) is 8.11. The molecular formula is C32H53N9O14. The first-order valence-corrected chi connectivity index (χ1v) is 17.5. The summed E-state index contributed by atoms with van der Waals surface area (Å²) < 4.78 is 0. The van der Waals surface area contributed by atoms with Crippen LogP contribution in [0.1, 0.15) is 53.4 Å². The predicted molar refractivity (Wildman–Crippen MR) is 188 cm³/mol. The van der Waals surface area contributed by atoms with E-state index in [0.717, 1.165) is 0 Å². The molecule has 1 aliphatic heterocycles. The van der Waals surface area contributed by atoms with Crippen molar-refractivity contribution in [3.8, 4) is 0 Å². The van der Waals surface area contributed by atoms with Crippen LogP contribution >= 0.6 is 0 Å². The molecule has 0 bridgehead atoms. The largest absolute Gasteiger partial charge is 0.481 e. The van der Waals surface area contributed by atoms with Crippen LogP contribution in [0.25, 0.3) is 0 Å². The number of rotatable bonds is 23. The van der Waals surface area contributed by atoms with E-state index in [4.69, 9.17) is 15.9 Å². The lowest BCUT2D eigenvalue weighted by Gasteiger charge is -2.28. The number of nitrogens with two attached hydrogens (primary N) is 1. The van der Waals surface area contributed by atoms with Crippen molar-refractivity contribution in [2.75, 3.05) is 39.4 Å². The molecule has 0 aromatic rings. The smallest absolute Gasteiger partial charge is 0.326 e. The number of hydrogen-bond donors (Lipinski definition) is 12. The normalized spacial score (nSPS) is 16.5. The SMILES string of the molecule is CC(C)C[C@H](NC(=O)[C@@H]1CCCN1C(=O)CNC(=O)CNC(=O)[C@H](CO)NC(=O)[C@H](CC(=O)O)NC(=O)CNC(=O)[C@@H](N)CO)C(=O)N[C@H](C(=O)O)C(C)C. The quantitative estimate of drug-likeness (QED) is 0.0458. The number of nitrogens with zero attached hydrogens (tertiary/aromatic N) is 1. The Morgan fingerprint density at radius 2 is 1.29 bits per heavy atom. The summed E-state index contributed by atoms with van der Waals surface area (Å²) in [6.45, 7) is 3.21. The molecule has 0 saturated carbocycles. The zero-order valence-corrected chi connectivity index (χ0v) is 31.1. The van der Waals surface area contributed by atoms with Crippen LogP contribution in [-0.4, -0.2) is 160 Å². The Bertz CT molecular complexity index is 1430. The molecule has 8 amide bonds. The molecule has 55 heavy (non-hydrogen) atoms. The average molecular weight is 788 g/mol. The maximum atomic E-state index is 13.3. The lowest BCUT2D eigenvalue weighted by atomic mass is 10.00. The number of carbonyl (C=O) groups is 10. The highest BCUT2D eigenvalue weighted by atomic mass is 16.4. The Morgan fingerprint density at radius 3 is 1.84 bits per heavy atom. The molecule has 13 N–H and O–H groups in total. The molecule has 1 aliphatic rings.